The fourth-order valence-electron chi connectivity index (χ4n) is 2.63. The Labute approximate surface area is 167 Å². The average Bonchev–Trinajstić information content (AvgIpc) is 3.34. The van der Waals surface area contributed by atoms with Crippen molar-refractivity contribution in [3.63, 3.8) is 0 Å². The largest absolute Gasteiger partial charge is 0.338 e. The molecule has 2 heterocycles. The zero-order valence-corrected chi connectivity index (χ0v) is 15.8. The molecular weight excluding hydrogens is 399 g/mol. The first-order valence-corrected chi connectivity index (χ1v) is 9.36. The molecule has 0 saturated heterocycles. The Bertz CT molecular complexity index is 1190. The number of nitro benzene ring substituents is 1. The number of thioether (sulfide) groups is 1. The molecular formula is C18H13FN6O3S. The summed E-state index contributed by atoms with van der Waals surface area (Å²) < 4.78 is 20.9. The second-order valence-electron chi connectivity index (χ2n) is 5.95. The van der Waals surface area contributed by atoms with E-state index < -0.39 is 4.92 Å². The fourth-order valence-corrected chi connectivity index (χ4v) is 3.38. The Hall–Kier alpha value is -3.60. The Morgan fingerprint density at radius 1 is 1.21 bits per heavy atom. The van der Waals surface area contributed by atoms with E-state index in [9.17, 15) is 14.5 Å². The monoisotopic (exact) mass is 412 g/mol. The molecule has 0 unspecified atom stereocenters. The lowest BCUT2D eigenvalue weighted by atomic mass is 10.2. The summed E-state index contributed by atoms with van der Waals surface area (Å²) in [6.07, 6.45) is 0. The predicted molar refractivity (Wildman–Crippen MR) is 102 cm³/mol. The van der Waals surface area contributed by atoms with Crippen LogP contribution >= 0.6 is 11.8 Å². The lowest BCUT2D eigenvalue weighted by molar-refractivity contribution is -0.384. The quantitative estimate of drug-likeness (QED) is 0.266. The van der Waals surface area contributed by atoms with Crippen LogP contribution in [0.2, 0.25) is 0 Å². The van der Waals surface area contributed by atoms with E-state index in [0.29, 0.717) is 33.8 Å². The van der Waals surface area contributed by atoms with Crippen LogP contribution in [0.25, 0.3) is 22.8 Å². The number of hydrogen-bond acceptors (Lipinski definition) is 8. The highest BCUT2D eigenvalue weighted by atomic mass is 32.2. The third-order valence-corrected chi connectivity index (χ3v) is 5.06. The summed E-state index contributed by atoms with van der Waals surface area (Å²) in [7, 11) is 1.74. The first-order chi connectivity index (χ1) is 14.0. The van der Waals surface area contributed by atoms with Gasteiger partial charge < -0.3 is 9.09 Å². The van der Waals surface area contributed by atoms with E-state index in [-0.39, 0.29) is 17.3 Å². The number of non-ortho nitro benzene ring substituents is 1. The molecule has 0 aliphatic rings. The highest BCUT2D eigenvalue weighted by Gasteiger charge is 2.17. The van der Waals surface area contributed by atoms with E-state index in [0.717, 1.165) is 0 Å². The first-order valence-electron chi connectivity index (χ1n) is 8.37. The van der Waals surface area contributed by atoms with Gasteiger partial charge in [-0.1, -0.05) is 41.2 Å². The van der Waals surface area contributed by atoms with Crippen molar-refractivity contribution in [2.45, 2.75) is 10.9 Å². The molecule has 0 spiro atoms. The number of nitro groups is 1. The molecule has 29 heavy (non-hydrogen) atoms. The van der Waals surface area contributed by atoms with Crippen LogP contribution in [0.4, 0.5) is 10.1 Å². The van der Waals surface area contributed by atoms with Crippen molar-refractivity contribution in [2.24, 2.45) is 7.05 Å². The first kappa shape index (κ1) is 18.7. The molecule has 0 aliphatic heterocycles. The van der Waals surface area contributed by atoms with Crippen molar-refractivity contribution >= 4 is 17.4 Å². The third kappa shape index (κ3) is 3.85. The molecule has 0 N–H and O–H groups in total. The molecule has 0 fully saturated rings. The molecule has 11 heteroatoms. The van der Waals surface area contributed by atoms with E-state index in [1.807, 2.05) is 0 Å². The molecule has 9 nitrogen and oxygen atoms in total. The fraction of sp³-hybridized carbons (Fsp3) is 0.111. The van der Waals surface area contributed by atoms with Crippen molar-refractivity contribution in [1.82, 2.24) is 24.9 Å². The van der Waals surface area contributed by atoms with Gasteiger partial charge in [-0.05, 0) is 12.1 Å². The van der Waals surface area contributed by atoms with Gasteiger partial charge in [0.15, 0.2) is 11.0 Å². The average molecular weight is 412 g/mol. The second kappa shape index (κ2) is 7.80. The van der Waals surface area contributed by atoms with E-state index in [1.165, 1.54) is 30.0 Å². The summed E-state index contributed by atoms with van der Waals surface area (Å²) in [5.74, 6) is 0.929. The Morgan fingerprint density at radius 2 is 2.03 bits per heavy atom. The van der Waals surface area contributed by atoms with Crippen molar-refractivity contribution < 1.29 is 13.8 Å². The van der Waals surface area contributed by atoms with Crippen molar-refractivity contribution in [2.75, 3.05) is 0 Å². The molecule has 0 radical (unpaired) electrons. The third-order valence-electron chi connectivity index (χ3n) is 4.06. The van der Waals surface area contributed by atoms with Crippen LogP contribution in [0, 0.1) is 15.9 Å². The predicted octanol–water partition coefficient (Wildman–Crippen LogP) is 3.87. The van der Waals surface area contributed by atoms with Crippen LogP contribution in [0.3, 0.4) is 0 Å². The molecule has 2 aromatic heterocycles. The van der Waals surface area contributed by atoms with Crippen LogP contribution in [0.5, 0.6) is 0 Å². The highest BCUT2D eigenvalue weighted by molar-refractivity contribution is 7.98. The van der Waals surface area contributed by atoms with Gasteiger partial charge in [0.2, 0.25) is 11.7 Å². The Kier molecular flexibility index (Phi) is 5.04. The lowest BCUT2D eigenvalue weighted by Gasteiger charge is -2.03. The van der Waals surface area contributed by atoms with Gasteiger partial charge in [0.05, 0.1) is 16.2 Å². The van der Waals surface area contributed by atoms with Crippen LogP contribution in [-0.2, 0) is 12.8 Å². The Balaban J connectivity index is 1.49. The Morgan fingerprint density at radius 3 is 2.83 bits per heavy atom. The normalized spacial score (nSPS) is 11.0. The van der Waals surface area contributed by atoms with Crippen LogP contribution in [0.15, 0.2) is 58.2 Å². The molecule has 0 atom stereocenters. The van der Waals surface area contributed by atoms with E-state index in [2.05, 4.69) is 20.3 Å². The molecule has 146 valence electrons. The minimum Gasteiger partial charge on any atom is -0.338 e. The molecule has 0 saturated carbocycles. The lowest BCUT2D eigenvalue weighted by Crippen LogP contribution is -1.96. The van der Waals surface area contributed by atoms with Crippen molar-refractivity contribution in [1.29, 1.82) is 0 Å². The standard InChI is InChI=1S/C18H13FN6O3S/c1-24-17(13-7-2-3-8-14(13)19)21-22-18(24)29-10-15-20-16(23-28-15)11-5-4-6-12(9-11)25(26)27/h2-9H,10H2,1H3. The molecule has 4 aromatic rings. The van der Waals surface area contributed by atoms with Crippen molar-refractivity contribution in [3.8, 4) is 22.8 Å². The maximum absolute atomic E-state index is 14.0. The number of benzene rings is 2. The van der Waals surface area contributed by atoms with Crippen molar-refractivity contribution in [3.05, 3.63) is 70.4 Å². The number of halogens is 1. The molecule has 0 bridgehead atoms. The highest BCUT2D eigenvalue weighted by Crippen LogP contribution is 2.27. The van der Waals surface area contributed by atoms with Gasteiger partial charge in [-0.2, -0.15) is 4.98 Å². The summed E-state index contributed by atoms with van der Waals surface area (Å²) >= 11 is 1.30. The second-order valence-corrected chi connectivity index (χ2v) is 6.90. The van der Waals surface area contributed by atoms with Crippen LogP contribution in [-0.4, -0.2) is 29.8 Å². The maximum atomic E-state index is 14.0. The summed E-state index contributed by atoms with van der Waals surface area (Å²) in [5.41, 5.74) is 0.794. The maximum Gasteiger partial charge on any atom is 0.270 e. The van der Waals surface area contributed by atoms with Crippen LogP contribution in [0.1, 0.15) is 5.89 Å². The van der Waals surface area contributed by atoms with Gasteiger partial charge in [-0.3, -0.25) is 10.1 Å². The minimum absolute atomic E-state index is 0.0528. The zero-order valence-electron chi connectivity index (χ0n) is 15.0. The SMILES string of the molecule is Cn1c(SCc2nc(-c3cccc([N+](=O)[O-])c3)no2)nnc1-c1ccccc1F. The summed E-state index contributed by atoms with van der Waals surface area (Å²) in [4.78, 5) is 14.7. The summed E-state index contributed by atoms with van der Waals surface area (Å²) in [6.45, 7) is 0. The molecule has 0 amide bonds. The number of rotatable bonds is 6. The molecule has 2 aromatic carbocycles. The number of nitrogens with zero attached hydrogens (tertiary/aromatic N) is 6. The van der Waals surface area contributed by atoms with E-state index in [4.69, 9.17) is 4.52 Å². The van der Waals surface area contributed by atoms with Gasteiger partial charge >= 0.3 is 0 Å². The summed E-state index contributed by atoms with van der Waals surface area (Å²) in [6, 6.07) is 12.3. The van der Waals surface area contributed by atoms with Gasteiger partial charge in [-0.25, -0.2) is 4.39 Å². The zero-order chi connectivity index (χ0) is 20.4. The van der Waals surface area contributed by atoms with Gasteiger partial charge in [-0.15, -0.1) is 10.2 Å². The summed E-state index contributed by atoms with van der Waals surface area (Å²) in [5, 5.41) is 23.5. The molecule has 4 rings (SSSR count). The van der Waals surface area contributed by atoms with Gasteiger partial charge in [0.25, 0.3) is 5.69 Å². The van der Waals surface area contributed by atoms with E-state index >= 15 is 0 Å². The van der Waals surface area contributed by atoms with E-state index in [1.54, 1.807) is 41.9 Å². The molecule has 0 aliphatic carbocycles. The number of aromatic nitrogens is 5. The number of hydrogen-bond donors (Lipinski definition) is 0. The van der Waals surface area contributed by atoms with Crippen LogP contribution < -0.4 is 0 Å². The topological polar surface area (TPSA) is 113 Å². The minimum atomic E-state index is -0.485. The van der Waals surface area contributed by atoms with Gasteiger partial charge in [0, 0.05) is 24.7 Å². The smallest absolute Gasteiger partial charge is 0.270 e. The van der Waals surface area contributed by atoms with Gasteiger partial charge in [0.1, 0.15) is 5.82 Å².